The minimum atomic E-state index is -0.620. The van der Waals surface area contributed by atoms with E-state index in [1.165, 1.54) is 4.90 Å². The van der Waals surface area contributed by atoms with Crippen molar-refractivity contribution in [3.05, 3.63) is 0 Å². The van der Waals surface area contributed by atoms with Gasteiger partial charge in [0.2, 0.25) is 11.8 Å². The van der Waals surface area contributed by atoms with Crippen LogP contribution in [-0.2, 0) is 14.3 Å². The van der Waals surface area contributed by atoms with Crippen LogP contribution in [0.4, 0.5) is 0 Å². The Labute approximate surface area is 101 Å². The van der Waals surface area contributed by atoms with Gasteiger partial charge in [0.05, 0.1) is 13.2 Å². The Bertz CT molecular complexity index is 283. The fraction of sp³-hybridized carbons (Fsp3) is 0.818. The van der Waals surface area contributed by atoms with E-state index >= 15 is 0 Å². The smallest absolute Gasteiger partial charge is 0.242 e. The number of amides is 2. The molecule has 0 aromatic rings. The molecule has 0 radical (unpaired) electrons. The van der Waals surface area contributed by atoms with E-state index in [4.69, 9.17) is 10.5 Å². The van der Waals surface area contributed by atoms with Crippen molar-refractivity contribution in [3.63, 3.8) is 0 Å². The number of hydrogen-bond acceptors (Lipinski definition) is 4. The van der Waals surface area contributed by atoms with Crippen molar-refractivity contribution in [2.75, 3.05) is 26.3 Å². The highest BCUT2D eigenvalue weighted by Gasteiger charge is 2.31. The molecule has 2 atom stereocenters. The normalized spacial score (nSPS) is 22.2. The predicted molar refractivity (Wildman–Crippen MR) is 63.3 cm³/mol. The largest absolute Gasteiger partial charge is 0.377 e. The van der Waals surface area contributed by atoms with E-state index in [-0.39, 0.29) is 18.6 Å². The Morgan fingerprint density at radius 3 is 2.88 bits per heavy atom. The molecular formula is C11H21N3O3. The third kappa shape index (κ3) is 3.98. The molecule has 1 aliphatic heterocycles. The Morgan fingerprint density at radius 1 is 1.59 bits per heavy atom. The van der Waals surface area contributed by atoms with Crippen molar-refractivity contribution in [3.8, 4) is 0 Å². The zero-order valence-corrected chi connectivity index (χ0v) is 10.4. The molecule has 0 aromatic heterocycles. The first-order valence-corrected chi connectivity index (χ1v) is 5.96. The quantitative estimate of drug-likeness (QED) is 0.654. The molecule has 6 nitrogen and oxygen atoms in total. The van der Waals surface area contributed by atoms with Gasteiger partial charge in [-0.05, 0) is 13.5 Å². The number of nitrogens with zero attached hydrogens (tertiary/aromatic N) is 1. The van der Waals surface area contributed by atoms with Crippen molar-refractivity contribution < 1.29 is 14.3 Å². The molecule has 17 heavy (non-hydrogen) atoms. The molecule has 98 valence electrons. The molecule has 1 fully saturated rings. The van der Waals surface area contributed by atoms with Crippen LogP contribution in [0.3, 0.4) is 0 Å². The summed E-state index contributed by atoms with van der Waals surface area (Å²) in [7, 11) is 0. The number of hydrogen-bond donors (Lipinski definition) is 2. The van der Waals surface area contributed by atoms with Crippen LogP contribution < -0.4 is 11.1 Å². The molecule has 1 rings (SSSR count). The van der Waals surface area contributed by atoms with E-state index in [9.17, 15) is 9.59 Å². The first-order chi connectivity index (χ1) is 8.06. The van der Waals surface area contributed by atoms with E-state index in [0.29, 0.717) is 19.6 Å². The highest BCUT2D eigenvalue weighted by atomic mass is 16.5. The van der Waals surface area contributed by atoms with Gasteiger partial charge in [0.1, 0.15) is 6.04 Å². The molecule has 0 bridgehead atoms. The summed E-state index contributed by atoms with van der Waals surface area (Å²) in [6.45, 7) is 5.85. The number of carbonyl (C=O) groups is 2. The van der Waals surface area contributed by atoms with Crippen LogP contribution in [0, 0.1) is 0 Å². The highest BCUT2D eigenvalue weighted by molar-refractivity contribution is 5.87. The Kier molecular flexibility index (Phi) is 5.37. The molecular weight excluding hydrogens is 222 g/mol. The van der Waals surface area contributed by atoms with Crippen molar-refractivity contribution in [2.45, 2.75) is 32.4 Å². The lowest BCUT2D eigenvalue weighted by molar-refractivity contribution is -0.147. The van der Waals surface area contributed by atoms with Crippen LogP contribution in [-0.4, -0.2) is 55.1 Å². The van der Waals surface area contributed by atoms with Gasteiger partial charge in [-0.1, -0.05) is 6.92 Å². The molecule has 0 aliphatic carbocycles. The van der Waals surface area contributed by atoms with Gasteiger partial charge in [0, 0.05) is 19.0 Å². The molecule has 0 saturated carbocycles. The van der Waals surface area contributed by atoms with Crippen molar-refractivity contribution in [1.82, 2.24) is 10.2 Å². The third-order valence-electron chi connectivity index (χ3n) is 2.81. The molecule has 1 saturated heterocycles. The van der Waals surface area contributed by atoms with Crippen LogP contribution in [0.5, 0.6) is 0 Å². The lowest BCUT2D eigenvalue weighted by Gasteiger charge is -2.34. The van der Waals surface area contributed by atoms with E-state index in [0.717, 1.165) is 6.54 Å². The van der Waals surface area contributed by atoms with Crippen molar-refractivity contribution in [1.29, 1.82) is 0 Å². The number of rotatable bonds is 5. The summed E-state index contributed by atoms with van der Waals surface area (Å²) < 4.78 is 5.17. The number of primary amides is 1. The molecule has 0 aromatic carbocycles. The van der Waals surface area contributed by atoms with Gasteiger partial charge in [0.25, 0.3) is 0 Å². The second-order valence-electron chi connectivity index (χ2n) is 4.24. The lowest BCUT2D eigenvalue weighted by Crippen LogP contribution is -2.55. The summed E-state index contributed by atoms with van der Waals surface area (Å²) in [6, 6.07) is -0.519. The van der Waals surface area contributed by atoms with Gasteiger partial charge in [-0.2, -0.15) is 0 Å². The number of ether oxygens (including phenoxy) is 1. The molecule has 0 spiro atoms. The van der Waals surface area contributed by atoms with Crippen LogP contribution in [0.2, 0.25) is 0 Å². The third-order valence-corrected chi connectivity index (χ3v) is 2.81. The summed E-state index contributed by atoms with van der Waals surface area (Å²) in [5, 5.41) is 3.16. The Balaban J connectivity index is 2.56. The van der Waals surface area contributed by atoms with Crippen molar-refractivity contribution >= 4 is 11.8 Å². The second-order valence-corrected chi connectivity index (χ2v) is 4.24. The van der Waals surface area contributed by atoms with E-state index in [1.807, 2.05) is 13.8 Å². The summed E-state index contributed by atoms with van der Waals surface area (Å²) in [4.78, 5) is 24.8. The summed E-state index contributed by atoms with van der Waals surface area (Å²) in [5.41, 5.74) is 5.26. The summed E-state index contributed by atoms with van der Waals surface area (Å²) >= 11 is 0. The van der Waals surface area contributed by atoms with Gasteiger partial charge in [-0.25, -0.2) is 0 Å². The van der Waals surface area contributed by atoms with Crippen molar-refractivity contribution in [2.24, 2.45) is 5.73 Å². The summed E-state index contributed by atoms with van der Waals surface area (Å²) in [6.07, 6.45) is 0.373. The van der Waals surface area contributed by atoms with Crippen LogP contribution >= 0.6 is 0 Å². The average Bonchev–Trinajstić information content (AvgIpc) is 2.29. The zero-order chi connectivity index (χ0) is 12.8. The van der Waals surface area contributed by atoms with E-state index in [2.05, 4.69) is 5.32 Å². The number of nitrogens with two attached hydrogens (primary N) is 1. The molecule has 1 heterocycles. The zero-order valence-electron chi connectivity index (χ0n) is 10.4. The van der Waals surface area contributed by atoms with Gasteiger partial charge >= 0.3 is 0 Å². The number of morpholine rings is 1. The molecule has 3 N–H and O–H groups in total. The first kappa shape index (κ1) is 13.9. The Morgan fingerprint density at radius 2 is 2.29 bits per heavy atom. The standard InChI is InChI=1S/C11H21N3O3/c1-3-13-8(2)6-10(15)14-4-5-17-7-9(14)11(12)16/h8-9,13H,3-7H2,1-2H3,(H2,12,16). The molecule has 6 heteroatoms. The maximum atomic E-state index is 12.0. The van der Waals surface area contributed by atoms with Crippen LogP contribution in [0.1, 0.15) is 20.3 Å². The van der Waals surface area contributed by atoms with E-state index < -0.39 is 11.9 Å². The topological polar surface area (TPSA) is 84.7 Å². The molecule has 1 aliphatic rings. The second kappa shape index (κ2) is 6.56. The minimum absolute atomic E-state index is 0.0504. The van der Waals surface area contributed by atoms with Gasteiger partial charge in [-0.3, -0.25) is 9.59 Å². The lowest BCUT2D eigenvalue weighted by atomic mass is 10.1. The fourth-order valence-electron chi connectivity index (χ4n) is 1.94. The van der Waals surface area contributed by atoms with Gasteiger partial charge in [-0.15, -0.1) is 0 Å². The highest BCUT2D eigenvalue weighted by Crippen LogP contribution is 2.09. The SMILES string of the molecule is CCNC(C)CC(=O)N1CCOCC1C(N)=O. The van der Waals surface area contributed by atoms with E-state index in [1.54, 1.807) is 0 Å². The summed E-state index contributed by atoms with van der Waals surface area (Å²) in [5.74, 6) is -0.556. The average molecular weight is 243 g/mol. The maximum absolute atomic E-state index is 12.0. The fourth-order valence-corrected chi connectivity index (χ4v) is 1.94. The first-order valence-electron chi connectivity index (χ1n) is 5.96. The predicted octanol–water partition coefficient (Wildman–Crippen LogP) is -0.913. The number of carbonyl (C=O) groups excluding carboxylic acids is 2. The van der Waals surface area contributed by atoms with Gasteiger partial charge in [0.15, 0.2) is 0 Å². The molecule has 2 amide bonds. The minimum Gasteiger partial charge on any atom is -0.377 e. The molecule has 2 unspecified atom stereocenters. The number of nitrogens with one attached hydrogen (secondary N) is 1. The monoisotopic (exact) mass is 243 g/mol. The van der Waals surface area contributed by atoms with Gasteiger partial charge < -0.3 is 20.7 Å². The van der Waals surface area contributed by atoms with Crippen LogP contribution in [0.25, 0.3) is 0 Å². The Hall–Kier alpha value is -1.14. The maximum Gasteiger partial charge on any atom is 0.242 e. The van der Waals surface area contributed by atoms with Crippen LogP contribution in [0.15, 0.2) is 0 Å².